The quantitative estimate of drug-likeness (QED) is 0.921. The predicted octanol–water partition coefficient (Wildman–Crippen LogP) is 2.84. The molecule has 0 bridgehead atoms. The van der Waals surface area contributed by atoms with E-state index < -0.39 is 0 Å². The maximum absolute atomic E-state index is 5.67. The molecule has 0 saturated carbocycles. The van der Waals surface area contributed by atoms with Crippen molar-refractivity contribution < 1.29 is 0 Å². The van der Waals surface area contributed by atoms with Gasteiger partial charge in [0.25, 0.3) is 0 Å². The third-order valence-corrected chi connectivity index (χ3v) is 4.42. The number of thiazole rings is 1. The molecule has 0 radical (unpaired) electrons. The summed E-state index contributed by atoms with van der Waals surface area (Å²) in [6, 6.07) is 9.30. The lowest BCUT2D eigenvalue weighted by atomic mass is 10.1. The average Bonchev–Trinajstić information content (AvgIpc) is 2.95. The highest BCUT2D eigenvalue weighted by molar-refractivity contribution is 7.15. The van der Waals surface area contributed by atoms with E-state index >= 15 is 0 Å². The fourth-order valence-electron chi connectivity index (χ4n) is 2.74. The first-order valence-electron chi connectivity index (χ1n) is 6.22. The second-order valence-corrected chi connectivity index (χ2v) is 5.98. The van der Waals surface area contributed by atoms with Crippen LogP contribution in [-0.2, 0) is 13.0 Å². The maximum atomic E-state index is 5.67. The van der Waals surface area contributed by atoms with Crippen molar-refractivity contribution in [1.29, 1.82) is 0 Å². The number of hydrogen-bond acceptors (Lipinski definition) is 4. The summed E-state index contributed by atoms with van der Waals surface area (Å²) in [6.45, 7) is 0.924. The first-order chi connectivity index (χ1) is 8.74. The molecule has 1 unspecified atom stereocenters. The lowest BCUT2D eigenvalue weighted by molar-refractivity contribution is 0.238. The summed E-state index contributed by atoms with van der Waals surface area (Å²) < 4.78 is 0. The summed E-state index contributed by atoms with van der Waals surface area (Å²) in [5, 5.41) is 0.658. The number of nitrogens with two attached hydrogens (primary N) is 1. The van der Waals surface area contributed by atoms with Crippen molar-refractivity contribution in [3.8, 4) is 0 Å². The largest absolute Gasteiger partial charge is 0.375 e. The van der Waals surface area contributed by atoms with Crippen LogP contribution in [0.25, 0.3) is 0 Å². The van der Waals surface area contributed by atoms with E-state index in [1.807, 2.05) is 6.20 Å². The number of rotatable bonds is 3. The number of fused-ring (bicyclic) bond motifs is 1. The number of nitrogens with zero attached hydrogens (tertiary/aromatic N) is 2. The van der Waals surface area contributed by atoms with E-state index in [0.717, 1.165) is 6.54 Å². The number of aryl methyl sites for hydroxylation is 1. The third-order valence-electron chi connectivity index (χ3n) is 3.61. The van der Waals surface area contributed by atoms with E-state index in [-0.39, 0.29) is 0 Å². The number of aromatic nitrogens is 1. The van der Waals surface area contributed by atoms with Gasteiger partial charge in [-0.1, -0.05) is 24.3 Å². The zero-order chi connectivity index (χ0) is 12.5. The van der Waals surface area contributed by atoms with E-state index in [0.29, 0.717) is 11.2 Å². The minimum absolute atomic E-state index is 0.532. The molecule has 1 atom stereocenters. The van der Waals surface area contributed by atoms with Gasteiger partial charge in [0.2, 0.25) is 0 Å². The van der Waals surface area contributed by atoms with Crippen LogP contribution in [0.5, 0.6) is 0 Å². The molecule has 1 aliphatic carbocycles. The summed E-state index contributed by atoms with van der Waals surface area (Å²) in [7, 11) is 2.18. The highest BCUT2D eigenvalue weighted by Crippen LogP contribution is 2.35. The van der Waals surface area contributed by atoms with Crippen LogP contribution in [-0.4, -0.2) is 16.9 Å². The molecule has 1 heterocycles. The zero-order valence-electron chi connectivity index (χ0n) is 10.5. The Morgan fingerprint density at radius 2 is 2.28 bits per heavy atom. The highest BCUT2D eigenvalue weighted by atomic mass is 32.1. The molecule has 94 valence electrons. The Labute approximate surface area is 111 Å². The summed E-state index contributed by atoms with van der Waals surface area (Å²) in [4.78, 5) is 7.75. The Bertz CT molecular complexity index is 549. The Morgan fingerprint density at radius 1 is 1.44 bits per heavy atom. The van der Waals surface area contributed by atoms with Gasteiger partial charge in [-0.05, 0) is 31.0 Å². The molecule has 0 fully saturated rings. The lowest BCUT2D eigenvalue weighted by Crippen LogP contribution is -2.21. The van der Waals surface area contributed by atoms with Crippen LogP contribution >= 0.6 is 11.3 Å². The van der Waals surface area contributed by atoms with Crippen molar-refractivity contribution in [1.82, 2.24) is 9.88 Å². The maximum Gasteiger partial charge on any atom is 0.180 e. The lowest BCUT2D eigenvalue weighted by Gasteiger charge is -2.24. The van der Waals surface area contributed by atoms with Gasteiger partial charge in [0.05, 0.1) is 0 Å². The van der Waals surface area contributed by atoms with Gasteiger partial charge in [0, 0.05) is 23.7 Å². The van der Waals surface area contributed by atoms with Crippen molar-refractivity contribution in [3.05, 3.63) is 46.5 Å². The molecule has 1 aliphatic rings. The number of hydrogen-bond donors (Lipinski definition) is 1. The van der Waals surface area contributed by atoms with E-state index in [1.54, 1.807) is 11.3 Å². The molecular weight excluding hydrogens is 242 g/mol. The van der Waals surface area contributed by atoms with Gasteiger partial charge < -0.3 is 5.73 Å². The van der Waals surface area contributed by atoms with Crippen LogP contribution in [0.3, 0.4) is 0 Å². The van der Waals surface area contributed by atoms with E-state index in [1.165, 1.54) is 28.8 Å². The SMILES string of the molecule is CN(Cc1cnc(N)s1)C1CCc2ccccc21. The van der Waals surface area contributed by atoms with Crippen LogP contribution < -0.4 is 5.73 Å². The average molecular weight is 259 g/mol. The summed E-state index contributed by atoms with van der Waals surface area (Å²) >= 11 is 1.58. The number of benzene rings is 1. The fraction of sp³-hybridized carbons (Fsp3) is 0.357. The zero-order valence-corrected chi connectivity index (χ0v) is 11.3. The Hall–Kier alpha value is -1.39. The second-order valence-electron chi connectivity index (χ2n) is 4.83. The molecule has 18 heavy (non-hydrogen) atoms. The topological polar surface area (TPSA) is 42.2 Å². The first kappa shape index (κ1) is 11.7. The molecule has 3 rings (SSSR count). The first-order valence-corrected chi connectivity index (χ1v) is 7.04. The molecule has 2 aromatic rings. The van der Waals surface area contributed by atoms with Gasteiger partial charge in [-0.2, -0.15) is 0 Å². The smallest absolute Gasteiger partial charge is 0.180 e. The van der Waals surface area contributed by atoms with Gasteiger partial charge >= 0.3 is 0 Å². The van der Waals surface area contributed by atoms with Crippen molar-refractivity contribution in [2.75, 3.05) is 12.8 Å². The Balaban J connectivity index is 1.76. The molecule has 2 N–H and O–H groups in total. The molecule has 3 nitrogen and oxygen atoms in total. The standard InChI is InChI=1S/C14H17N3S/c1-17(9-11-8-16-14(15)18-11)13-7-6-10-4-2-3-5-12(10)13/h2-5,8,13H,6-7,9H2,1H3,(H2,15,16). The van der Waals surface area contributed by atoms with Gasteiger partial charge in [-0.25, -0.2) is 4.98 Å². The van der Waals surface area contributed by atoms with Gasteiger partial charge in [0.1, 0.15) is 0 Å². The Morgan fingerprint density at radius 3 is 3.06 bits per heavy atom. The monoisotopic (exact) mass is 259 g/mol. The van der Waals surface area contributed by atoms with E-state index in [4.69, 9.17) is 5.73 Å². The molecule has 0 spiro atoms. The molecular formula is C14H17N3S. The predicted molar refractivity (Wildman–Crippen MR) is 75.5 cm³/mol. The van der Waals surface area contributed by atoms with Crippen molar-refractivity contribution in [2.24, 2.45) is 0 Å². The van der Waals surface area contributed by atoms with Crippen LogP contribution in [0.1, 0.15) is 28.5 Å². The van der Waals surface area contributed by atoms with Crippen LogP contribution in [0.15, 0.2) is 30.5 Å². The number of nitrogen functional groups attached to an aromatic ring is 1. The van der Waals surface area contributed by atoms with Crippen molar-refractivity contribution in [3.63, 3.8) is 0 Å². The van der Waals surface area contributed by atoms with Gasteiger partial charge in [0.15, 0.2) is 5.13 Å². The molecule has 0 amide bonds. The fourth-order valence-corrected chi connectivity index (χ4v) is 3.49. The Kier molecular flexibility index (Phi) is 3.06. The minimum atomic E-state index is 0.532. The van der Waals surface area contributed by atoms with Crippen molar-refractivity contribution in [2.45, 2.75) is 25.4 Å². The molecule has 4 heteroatoms. The van der Waals surface area contributed by atoms with Gasteiger partial charge in [-0.15, -0.1) is 11.3 Å². The van der Waals surface area contributed by atoms with Gasteiger partial charge in [-0.3, -0.25) is 4.90 Å². The second kappa shape index (κ2) is 4.71. The summed E-state index contributed by atoms with van der Waals surface area (Å²) in [5.74, 6) is 0. The highest BCUT2D eigenvalue weighted by Gasteiger charge is 2.25. The summed E-state index contributed by atoms with van der Waals surface area (Å²) in [6.07, 6.45) is 4.29. The van der Waals surface area contributed by atoms with E-state index in [9.17, 15) is 0 Å². The molecule has 0 aliphatic heterocycles. The minimum Gasteiger partial charge on any atom is -0.375 e. The summed E-state index contributed by atoms with van der Waals surface area (Å²) in [5.41, 5.74) is 8.66. The molecule has 1 aromatic carbocycles. The van der Waals surface area contributed by atoms with E-state index in [2.05, 4.69) is 41.2 Å². The van der Waals surface area contributed by atoms with Crippen LogP contribution in [0.2, 0.25) is 0 Å². The normalized spacial score (nSPS) is 18.2. The van der Waals surface area contributed by atoms with Crippen LogP contribution in [0, 0.1) is 0 Å². The molecule has 0 saturated heterocycles. The number of anilines is 1. The van der Waals surface area contributed by atoms with Crippen molar-refractivity contribution >= 4 is 16.5 Å². The molecule has 1 aromatic heterocycles. The third kappa shape index (κ3) is 2.13. The van der Waals surface area contributed by atoms with Crippen LogP contribution in [0.4, 0.5) is 5.13 Å².